The lowest BCUT2D eigenvalue weighted by atomic mass is 9.84. The van der Waals surface area contributed by atoms with E-state index in [0.29, 0.717) is 24.7 Å². The molecule has 1 fully saturated rings. The van der Waals surface area contributed by atoms with Crippen molar-refractivity contribution in [2.45, 2.75) is 51.5 Å². The Morgan fingerprint density at radius 3 is 2.19 bits per heavy atom. The quantitative estimate of drug-likeness (QED) is 0.588. The normalized spacial score (nSPS) is 13.6. The summed E-state index contributed by atoms with van der Waals surface area (Å²) in [6.07, 6.45) is 6.46. The van der Waals surface area contributed by atoms with E-state index in [1.165, 1.54) is 49.8 Å². The Bertz CT molecular complexity index is 821. The van der Waals surface area contributed by atoms with Crippen molar-refractivity contribution in [3.63, 3.8) is 0 Å². The third kappa shape index (κ3) is 7.34. The lowest BCUT2D eigenvalue weighted by Crippen LogP contribution is -2.44. The minimum atomic E-state index is -0.333. The Balaban J connectivity index is 0.00000114. The van der Waals surface area contributed by atoms with E-state index in [1.807, 2.05) is 6.92 Å². The second kappa shape index (κ2) is 13.5. The highest BCUT2D eigenvalue weighted by Gasteiger charge is 2.22. The molecule has 0 aliphatic heterocycles. The van der Waals surface area contributed by atoms with Gasteiger partial charge in [0.2, 0.25) is 0 Å². The third-order valence-corrected chi connectivity index (χ3v) is 5.79. The molecule has 2 N–H and O–H groups in total. The monoisotopic (exact) mass is 444 g/mol. The van der Waals surface area contributed by atoms with Crippen LogP contribution in [0.1, 0.15) is 56.1 Å². The number of carbonyl (C=O) groups excluding carboxylic acids is 1. The van der Waals surface area contributed by atoms with Crippen molar-refractivity contribution in [3.05, 3.63) is 65.5 Å². The Morgan fingerprint density at radius 1 is 1.06 bits per heavy atom. The lowest BCUT2D eigenvalue weighted by Gasteiger charge is -2.30. The van der Waals surface area contributed by atoms with Crippen LogP contribution in [-0.2, 0) is 11.3 Å². The van der Waals surface area contributed by atoms with E-state index < -0.39 is 0 Å². The van der Waals surface area contributed by atoms with Gasteiger partial charge < -0.3 is 15.1 Å². The summed E-state index contributed by atoms with van der Waals surface area (Å²) in [7, 11) is 0. The van der Waals surface area contributed by atoms with Crippen LogP contribution in [0.4, 0.5) is 14.9 Å². The zero-order valence-electron chi connectivity index (χ0n) is 18.6. The van der Waals surface area contributed by atoms with Gasteiger partial charge in [-0.15, -0.1) is 0 Å². The molecular formula is C25H33FN2O4. The van der Waals surface area contributed by atoms with Crippen LogP contribution in [0.25, 0.3) is 0 Å². The molecule has 0 unspecified atom stereocenters. The van der Waals surface area contributed by atoms with Gasteiger partial charge in [0.15, 0.2) is 0 Å². The van der Waals surface area contributed by atoms with Crippen LogP contribution in [0.15, 0.2) is 48.5 Å². The second-order valence-electron chi connectivity index (χ2n) is 7.83. The first-order valence-electron chi connectivity index (χ1n) is 11.1. The number of anilines is 1. The number of carboxylic acid groups (broad SMARTS) is 1. The van der Waals surface area contributed by atoms with Gasteiger partial charge in [-0.1, -0.05) is 43.5 Å². The molecule has 0 radical (unpaired) electrons. The molecule has 0 saturated heterocycles. The molecule has 7 heteroatoms. The Labute approximate surface area is 189 Å². The number of carbonyl (C=O) groups is 2. The minimum absolute atomic E-state index is 0.0904. The number of aliphatic hydroxyl groups excluding tert-OH is 1. The molecular weight excluding hydrogens is 411 g/mol. The Morgan fingerprint density at radius 2 is 1.66 bits per heavy atom. The number of likely N-dealkylation sites (N-methyl/N-ethyl adjacent to an activating group) is 1. The predicted molar refractivity (Wildman–Crippen MR) is 123 cm³/mol. The van der Waals surface area contributed by atoms with Gasteiger partial charge in [-0.25, -0.2) is 9.18 Å². The molecule has 2 aromatic carbocycles. The van der Waals surface area contributed by atoms with Gasteiger partial charge in [-0.2, -0.15) is 0 Å². The number of urea groups is 1. The first-order chi connectivity index (χ1) is 15.5. The summed E-state index contributed by atoms with van der Waals surface area (Å²) in [6.45, 7) is 2.71. The molecule has 6 nitrogen and oxygen atoms in total. The van der Waals surface area contributed by atoms with Crippen LogP contribution >= 0.6 is 0 Å². The van der Waals surface area contributed by atoms with E-state index in [1.54, 1.807) is 21.9 Å². The van der Waals surface area contributed by atoms with Gasteiger partial charge in [0, 0.05) is 18.8 Å². The number of benzene rings is 2. The second-order valence-corrected chi connectivity index (χ2v) is 7.83. The Kier molecular flexibility index (Phi) is 10.7. The van der Waals surface area contributed by atoms with Crippen molar-refractivity contribution in [1.29, 1.82) is 0 Å². The van der Waals surface area contributed by atoms with E-state index in [2.05, 4.69) is 24.3 Å². The molecule has 2 aromatic rings. The highest BCUT2D eigenvalue weighted by Crippen LogP contribution is 2.32. The summed E-state index contributed by atoms with van der Waals surface area (Å²) in [5.74, 6) is 0.313. The average Bonchev–Trinajstić information content (AvgIpc) is 2.83. The van der Waals surface area contributed by atoms with Gasteiger partial charge in [0.05, 0.1) is 13.2 Å². The highest BCUT2D eigenvalue weighted by molar-refractivity contribution is 5.92. The zero-order valence-corrected chi connectivity index (χ0v) is 18.6. The first-order valence-corrected chi connectivity index (χ1v) is 11.1. The molecule has 0 spiro atoms. The number of rotatable bonds is 7. The van der Waals surface area contributed by atoms with Crippen molar-refractivity contribution >= 4 is 18.2 Å². The van der Waals surface area contributed by atoms with Crippen LogP contribution in [0, 0.1) is 5.82 Å². The minimum Gasteiger partial charge on any atom is -0.483 e. The molecule has 3 rings (SSSR count). The van der Waals surface area contributed by atoms with Gasteiger partial charge in [-0.05, 0) is 61.1 Å². The summed E-state index contributed by atoms with van der Waals surface area (Å²) in [4.78, 5) is 24.7. The third-order valence-electron chi connectivity index (χ3n) is 5.79. The maximum Gasteiger partial charge on any atom is 0.324 e. The molecule has 1 aliphatic rings. The topological polar surface area (TPSA) is 81.1 Å². The van der Waals surface area contributed by atoms with Crippen LogP contribution in [0.3, 0.4) is 0 Å². The summed E-state index contributed by atoms with van der Waals surface area (Å²) < 4.78 is 13.4. The van der Waals surface area contributed by atoms with Crippen molar-refractivity contribution < 1.29 is 24.2 Å². The molecule has 174 valence electrons. The number of hydrogen-bond donors (Lipinski definition) is 2. The fourth-order valence-electron chi connectivity index (χ4n) is 4.08. The van der Waals surface area contributed by atoms with Gasteiger partial charge in [-0.3, -0.25) is 9.69 Å². The van der Waals surface area contributed by atoms with Crippen LogP contribution in [0.2, 0.25) is 0 Å². The summed E-state index contributed by atoms with van der Waals surface area (Å²) in [6, 6.07) is 14.3. The van der Waals surface area contributed by atoms with Crippen LogP contribution < -0.4 is 4.90 Å². The van der Waals surface area contributed by atoms with E-state index in [4.69, 9.17) is 9.90 Å². The van der Waals surface area contributed by atoms with Gasteiger partial charge in [0.25, 0.3) is 6.47 Å². The van der Waals surface area contributed by atoms with Crippen LogP contribution in [0.5, 0.6) is 0 Å². The van der Waals surface area contributed by atoms with E-state index in [-0.39, 0.29) is 31.5 Å². The van der Waals surface area contributed by atoms with Gasteiger partial charge in [0.1, 0.15) is 5.82 Å². The molecule has 0 heterocycles. The molecule has 0 aromatic heterocycles. The number of aliphatic hydroxyl groups is 1. The van der Waals surface area contributed by atoms with Crippen molar-refractivity contribution in [2.24, 2.45) is 0 Å². The van der Waals surface area contributed by atoms with Crippen molar-refractivity contribution in [3.8, 4) is 0 Å². The average molecular weight is 445 g/mol. The van der Waals surface area contributed by atoms with Gasteiger partial charge >= 0.3 is 6.03 Å². The zero-order chi connectivity index (χ0) is 23.3. The molecule has 1 aliphatic carbocycles. The summed E-state index contributed by atoms with van der Waals surface area (Å²) in [5, 5.41) is 16.2. The van der Waals surface area contributed by atoms with Crippen molar-refractivity contribution in [1.82, 2.24) is 4.90 Å². The predicted octanol–water partition coefficient (Wildman–Crippen LogP) is 5.02. The molecule has 2 amide bonds. The highest BCUT2D eigenvalue weighted by atomic mass is 19.1. The molecule has 32 heavy (non-hydrogen) atoms. The number of nitrogens with zero attached hydrogens (tertiary/aromatic N) is 2. The fraction of sp³-hybridized carbons (Fsp3) is 0.440. The summed E-state index contributed by atoms with van der Waals surface area (Å²) in [5.41, 5.74) is 3.05. The number of hydrogen-bond acceptors (Lipinski definition) is 3. The number of amides is 2. The Hall–Kier alpha value is -2.93. The largest absolute Gasteiger partial charge is 0.483 e. The number of halogens is 1. The molecule has 0 atom stereocenters. The maximum absolute atomic E-state index is 13.4. The summed E-state index contributed by atoms with van der Waals surface area (Å²) >= 11 is 0. The van der Waals surface area contributed by atoms with Crippen LogP contribution in [-0.4, -0.2) is 47.3 Å². The van der Waals surface area contributed by atoms with Crippen molar-refractivity contribution in [2.75, 3.05) is 24.6 Å². The molecule has 1 saturated carbocycles. The SMILES string of the molecule is CCN(CCO)C(=O)N(Cc1ccc(C2CCCCC2)cc1)c1ccc(F)cc1.O=CO. The maximum atomic E-state index is 13.4. The molecule has 0 bridgehead atoms. The smallest absolute Gasteiger partial charge is 0.324 e. The fourth-order valence-corrected chi connectivity index (χ4v) is 4.08. The van der Waals surface area contributed by atoms with E-state index >= 15 is 0 Å². The van der Waals surface area contributed by atoms with E-state index in [9.17, 15) is 14.3 Å². The first kappa shape index (κ1) is 25.3. The van der Waals surface area contributed by atoms with E-state index in [0.717, 1.165) is 5.56 Å². The lowest BCUT2D eigenvalue weighted by molar-refractivity contribution is -0.122. The standard InChI is InChI=1S/C24H31FN2O2.CH2O2/c1-2-26(16-17-28)24(29)27(23-14-12-22(25)13-15-23)18-19-8-10-21(11-9-19)20-6-4-3-5-7-20;2-1-3/h8-15,20,28H,2-7,16-18H2,1H3;1H,(H,2,3).